The van der Waals surface area contributed by atoms with E-state index in [1.165, 1.54) is 11.1 Å². The fraction of sp³-hybridized carbons (Fsp3) is 0.286. The molecule has 2 aromatic rings. The zero-order valence-corrected chi connectivity index (χ0v) is 14.7. The van der Waals surface area contributed by atoms with Crippen LogP contribution < -0.4 is 15.8 Å². The fourth-order valence-corrected chi connectivity index (χ4v) is 3.26. The summed E-state index contributed by atoms with van der Waals surface area (Å²) in [6.45, 7) is 0.375. The van der Waals surface area contributed by atoms with Crippen molar-refractivity contribution in [1.82, 2.24) is 0 Å². The highest BCUT2D eigenvalue weighted by Gasteiger charge is 2.28. The lowest BCUT2D eigenvalue weighted by Gasteiger charge is -2.21. The number of ether oxygens (including phenoxy) is 1. The molecule has 0 saturated carbocycles. The van der Waals surface area contributed by atoms with Gasteiger partial charge in [0.25, 0.3) is 0 Å². The maximum absolute atomic E-state index is 10.6. The molecule has 0 aromatic heterocycles. The number of hydrogen-bond acceptors (Lipinski definition) is 4. The first-order valence-electron chi connectivity index (χ1n) is 8.74. The number of carbonyl (C=O) groups is 1. The van der Waals surface area contributed by atoms with Crippen LogP contribution in [0.15, 0.2) is 66.2 Å². The van der Waals surface area contributed by atoms with Crippen molar-refractivity contribution in [2.24, 2.45) is 5.73 Å². The van der Waals surface area contributed by atoms with Crippen molar-refractivity contribution in [3.8, 4) is 5.75 Å². The van der Waals surface area contributed by atoms with Crippen LogP contribution in [0.1, 0.15) is 18.4 Å². The van der Waals surface area contributed by atoms with Crippen LogP contribution in [0.4, 0.5) is 5.69 Å². The molecule has 1 aliphatic carbocycles. The summed E-state index contributed by atoms with van der Waals surface area (Å²) >= 11 is 0. The molecule has 1 unspecified atom stereocenters. The molecule has 0 bridgehead atoms. The number of rotatable bonds is 8. The van der Waals surface area contributed by atoms with Gasteiger partial charge in [0.2, 0.25) is 0 Å². The molecule has 0 fully saturated rings. The standard InChI is InChI=1S/C21H24N2O3/c22-21(12-16-5-2-1-3-6-16)10-9-17(13-21)14-23-18-7-4-8-19(11-18)26-15-20(24)25/h1-8,11,13,23H,9-10,12,14-15,22H2,(H,24,25). The third-order valence-corrected chi connectivity index (χ3v) is 4.50. The van der Waals surface area contributed by atoms with Crippen LogP contribution in [-0.2, 0) is 11.2 Å². The van der Waals surface area contributed by atoms with Crippen LogP contribution in [-0.4, -0.2) is 29.8 Å². The maximum Gasteiger partial charge on any atom is 0.341 e. The predicted octanol–water partition coefficient (Wildman–Crippen LogP) is 3.22. The van der Waals surface area contributed by atoms with Gasteiger partial charge in [0, 0.05) is 23.8 Å². The summed E-state index contributed by atoms with van der Waals surface area (Å²) in [5.41, 5.74) is 9.72. The second kappa shape index (κ2) is 8.06. The highest BCUT2D eigenvalue weighted by Crippen LogP contribution is 2.29. The quantitative estimate of drug-likeness (QED) is 0.635. The number of nitrogens with two attached hydrogens (primary N) is 1. The van der Waals surface area contributed by atoms with E-state index in [4.69, 9.17) is 15.6 Å². The number of nitrogens with one attached hydrogen (secondary N) is 1. The van der Waals surface area contributed by atoms with E-state index in [2.05, 4.69) is 23.5 Å². The van der Waals surface area contributed by atoms with Crippen molar-refractivity contribution >= 4 is 11.7 Å². The lowest BCUT2D eigenvalue weighted by Crippen LogP contribution is -2.37. The predicted molar refractivity (Wildman–Crippen MR) is 102 cm³/mol. The molecule has 0 aliphatic heterocycles. The number of benzene rings is 2. The minimum Gasteiger partial charge on any atom is -0.482 e. The smallest absolute Gasteiger partial charge is 0.341 e. The van der Waals surface area contributed by atoms with Gasteiger partial charge in [-0.25, -0.2) is 4.79 Å². The Kier molecular flexibility index (Phi) is 5.58. The highest BCUT2D eigenvalue weighted by atomic mass is 16.5. The Balaban J connectivity index is 1.56. The van der Waals surface area contributed by atoms with Crippen LogP contribution in [0.5, 0.6) is 5.75 Å². The van der Waals surface area contributed by atoms with Crippen molar-refractivity contribution in [2.45, 2.75) is 24.8 Å². The van der Waals surface area contributed by atoms with Gasteiger partial charge in [-0.1, -0.05) is 48.0 Å². The number of carboxylic acids is 1. The summed E-state index contributed by atoms with van der Waals surface area (Å²) in [7, 11) is 0. The van der Waals surface area contributed by atoms with Gasteiger partial charge in [0.05, 0.1) is 0 Å². The molecule has 2 aromatic carbocycles. The number of hydrogen-bond donors (Lipinski definition) is 3. The molecular weight excluding hydrogens is 328 g/mol. The zero-order chi connectivity index (χ0) is 18.4. The summed E-state index contributed by atoms with van der Waals surface area (Å²) in [5.74, 6) is -0.452. The summed E-state index contributed by atoms with van der Waals surface area (Å²) in [4.78, 5) is 10.6. The van der Waals surface area contributed by atoms with Gasteiger partial charge < -0.3 is 20.9 Å². The zero-order valence-electron chi connectivity index (χ0n) is 14.7. The van der Waals surface area contributed by atoms with E-state index in [0.717, 1.165) is 31.5 Å². The van der Waals surface area contributed by atoms with Crippen molar-refractivity contribution < 1.29 is 14.6 Å². The van der Waals surface area contributed by atoms with Gasteiger partial charge in [-0.05, 0) is 37.0 Å². The van der Waals surface area contributed by atoms with E-state index in [-0.39, 0.29) is 12.1 Å². The van der Waals surface area contributed by atoms with E-state index < -0.39 is 5.97 Å². The molecule has 3 rings (SSSR count). The molecule has 0 amide bonds. The molecular formula is C21H24N2O3. The molecule has 5 heteroatoms. The normalized spacial score (nSPS) is 19.0. The van der Waals surface area contributed by atoms with Gasteiger partial charge in [-0.15, -0.1) is 0 Å². The first kappa shape index (κ1) is 18.0. The first-order chi connectivity index (χ1) is 12.5. The lowest BCUT2D eigenvalue weighted by molar-refractivity contribution is -0.139. The van der Waals surface area contributed by atoms with E-state index in [1.807, 2.05) is 30.3 Å². The van der Waals surface area contributed by atoms with Crippen LogP contribution in [0, 0.1) is 0 Å². The summed E-state index contributed by atoms with van der Waals surface area (Å²) in [6.07, 6.45) is 4.96. The molecule has 5 nitrogen and oxygen atoms in total. The molecule has 26 heavy (non-hydrogen) atoms. The topological polar surface area (TPSA) is 84.6 Å². The van der Waals surface area contributed by atoms with Crippen molar-refractivity contribution in [1.29, 1.82) is 0 Å². The Morgan fingerprint density at radius 3 is 2.77 bits per heavy atom. The Labute approximate surface area is 153 Å². The second-order valence-electron chi connectivity index (χ2n) is 6.76. The second-order valence-corrected chi connectivity index (χ2v) is 6.76. The van der Waals surface area contributed by atoms with Gasteiger partial charge >= 0.3 is 5.97 Å². The van der Waals surface area contributed by atoms with Crippen LogP contribution in [0.25, 0.3) is 0 Å². The van der Waals surface area contributed by atoms with Gasteiger partial charge in [-0.3, -0.25) is 0 Å². The number of aliphatic carboxylic acids is 1. The van der Waals surface area contributed by atoms with E-state index in [0.29, 0.717) is 5.75 Å². The third kappa shape index (κ3) is 5.10. The van der Waals surface area contributed by atoms with Gasteiger partial charge in [-0.2, -0.15) is 0 Å². The Morgan fingerprint density at radius 2 is 2.00 bits per heavy atom. The van der Waals surface area contributed by atoms with Crippen molar-refractivity contribution in [3.05, 3.63) is 71.8 Å². The van der Waals surface area contributed by atoms with Gasteiger partial charge in [0.15, 0.2) is 6.61 Å². The summed E-state index contributed by atoms with van der Waals surface area (Å²) < 4.78 is 5.21. The fourth-order valence-electron chi connectivity index (χ4n) is 3.26. The highest BCUT2D eigenvalue weighted by molar-refractivity contribution is 5.68. The monoisotopic (exact) mass is 352 g/mol. The van der Waals surface area contributed by atoms with Crippen molar-refractivity contribution in [3.63, 3.8) is 0 Å². The summed E-state index contributed by atoms with van der Waals surface area (Å²) in [6, 6.07) is 17.6. The summed E-state index contributed by atoms with van der Waals surface area (Å²) in [5, 5.41) is 12.1. The molecule has 1 aliphatic rings. The van der Waals surface area contributed by atoms with E-state index in [9.17, 15) is 4.79 Å². The van der Waals surface area contributed by atoms with Crippen molar-refractivity contribution in [2.75, 3.05) is 18.5 Å². The largest absolute Gasteiger partial charge is 0.482 e. The SMILES string of the molecule is NC1(Cc2ccccc2)C=C(CNc2cccc(OCC(=O)O)c2)CC1. The third-order valence-electron chi connectivity index (χ3n) is 4.50. The molecule has 0 saturated heterocycles. The molecule has 4 N–H and O–H groups in total. The van der Waals surface area contributed by atoms with Gasteiger partial charge in [0.1, 0.15) is 5.75 Å². The van der Waals surface area contributed by atoms with Crippen LogP contribution in [0.3, 0.4) is 0 Å². The number of anilines is 1. The lowest BCUT2D eigenvalue weighted by atomic mass is 9.91. The molecule has 0 radical (unpaired) electrons. The van der Waals surface area contributed by atoms with Crippen LogP contribution in [0.2, 0.25) is 0 Å². The average Bonchev–Trinajstić information content (AvgIpc) is 3.00. The Hall–Kier alpha value is -2.79. The molecule has 1 atom stereocenters. The Bertz CT molecular complexity index is 789. The van der Waals surface area contributed by atoms with E-state index >= 15 is 0 Å². The Morgan fingerprint density at radius 1 is 1.19 bits per heavy atom. The number of carboxylic acid groups (broad SMARTS) is 1. The van der Waals surface area contributed by atoms with Crippen LogP contribution >= 0.6 is 0 Å². The maximum atomic E-state index is 10.6. The minimum atomic E-state index is -0.989. The molecule has 0 heterocycles. The van der Waals surface area contributed by atoms with E-state index in [1.54, 1.807) is 12.1 Å². The molecule has 136 valence electrons. The molecule has 0 spiro atoms. The minimum absolute atomic E-state index is 0.287. The first-order valence-corrected chi connectivity index (χ1v) is 8.74. The average molecular weight is 352 g/mol.